The quantitative estimate of drug-likeness (QED) is 0.489. The highest BCUT2D eigenvalue weighted by molar-refractivity contribution is 5.92. The van der Waals surface area contributed by atoms with Gasteiger partial charge in [-0.3, -0.25) is 0 Å². The number of benzene rings is 2. The molecule has 2 heterocycles. The molecular weight excluding hydrogens is 373 g/mol. The van der Waals surface area contributed by atoms with Crippen molar-refractivity contribution < 1.29 is 18.6 Å². The normalized spacial score (nSPS) is 10.9. The van der Waals surface area contributed by atoms with Crippen molar-refractivity contribution in [3.63, 3.8) is 0 Å². The topological polar surface area (TPSA) is 58.4 Å². The lowest BCUT2D eigenvalue weighted by molar-refractivity contribution is 0.324. The highest BCUT2D eigenvalue weighted by Crippen LogP contribution is 2.42. The zero-order valence-corrected chi connectivity index (χ0v) is 16.3. The fraction of sp³-hybridized carbons (Fsp3) is 0.182. The van der Waals surface area contributed by atoms with E-state index in [1.54, 1.807) is 44.3 Å². The van der Waals surface area contributed by atoms with Gasteiger partial charge in [-0.15, -0.1) is 0 Å². The highest BCUT2D eigenvalue weighted by Gasteiger charge is 2.19. The largest absolute Gasteiger partial charge is 0.493 e. The van der Waals surface area contributed by atoms with Crippen molar-refractivity contribution in [1.29, 1.82) is 0 Å². The van der Waals surface area contributed by atoms with Crippen molar-refractivity contribution in [2.45, 2.75) is 6.54 Å². The SMILES string of the molecule is COc1cc(-c2nn(Cc3ccc(F)cc3)c3ncccc23)cc(OC)c1OC. The molecule has 0 saturated heterocycles. The van der Waals surface area contributed by atoms with Crippen LogP contribution < -0.4 is 14.2 Å². The molecule has 0 spiro atoms. The van der Waals surface area contributed by atoms with Crippen LogP contribution in [0.25, 0.3) is 22.3 Å². The molecule has 2 aromatic carbocycles. The molecule has 0 saturated carbocycles. The van der Waals surface area contributed by atoms with Crippen LogP contribution in [0, 0.1) is 5.82 Å². The van der Waals surface area contributed by atoms with E-state index in [2.05, 4.69) is 4.98 Å². The van der Waals surface area contributed by atoms with Gasteiger partial charge in [0, 0.05) is 17.1 Å². The van der Waals surface area contributed by atoms with E-state index in [0.717, 1.165) is 27.9 Å². The van der Waals surface area contributed by atoms with Crippen LogP contribution in [-0.2, 0) is 6.54 Å². The van der Waals surface area contributed by atoms with Crippen molar-refractivity contribution >= 4 is 11.0 Å². The Hall–Kier alpha value is -3.61. The summed E-state index contributed by atoms with van der Waals surface area (Å²) in [6.45, 7) is 0.470. The summed E-state index contributed by atoms with van der Waals surface area (Å²) in [4.78, 5) is 4.50. The zero-order valence-electron chi connectivity index (χ0n) is 16.3. The Morgan fingerprint density at radius 1 is 0.931 bits per heavy atom. The van der Waals surface area contributed by atoms with E-state index in [-0.39, 0.29) is 5.82 Å². The van der Waals surface area contributed by atoms with E-state index in [9.17, 15) is 4.39 Å². The van der Waals surface area contributed by atoms with Gasteiger partial charge < -0.3 is 14.2 Å². The average Bonchev–Trinajstić information content (AvgIpc) is 3.12. The molecule has 0 aliphatic carbocycles. The van der Waals surface area contributed by atoms with Gasteiger partial charge in [0.2, 0.25) is 5.75 Å². The molecule has 6 nitrogen and oxygen atoms in total. The van der Waals surface area contributed by atoms with Gasteiger partial charge in [-0.1, -0.05) is 12.1 Å². The lowest BCUT2D eigenvalue weighted by atomic mass is 10.1. The van der Waals surface area contributed by atoms with Crippen molar-refractivity contribution in [3.8, 4) is 28.5 Å². The van der Waals surface area contributed by atoms with Gasteiger partial charge in [-0.25, -0.2) is 14.1 Å². The first-order chi connectivity index (χ1) is 14.1. The van der Waals surface area contributed by atoms with Crippen LogP contribution in [0.3, 0.4) is 0 Å². The number of aromatic nitrogens is 3. The second-order valence-electron chi connectivity index (χ2n) is 6.42. The number of pyridine rings is 1. The predicted molar refractivity (Wildman–Crippen MR) is 108 cm³/mol. The molecule has 7 heteroatoms. The number of fused-ring (bicyclic) bond motifs is 1. The predicted octanol–water partition coefficient (Wildman–Crippen LogP) is 4.31. The van der Waals surface area contributed by atoms with Crippen molar-refractivity contribution in [2.24, 2.45) is 0 Å². The molecular formula is C22H20FN3O3. The molecule has 0 atom stereocenters. The number of hydrogen-bond donors (Lipinski definition) is 0. The standard InChI is InChI=1S/C22H20FN3O3/c1-27-18-11-15(12-19(28-2)21(18)29-3)20-17-5-4-10-24-22(17)26(25-20)13-14-6-8-16(23)9-7-14/h4-12H,13H2,1-3H3. The lowest BCUT2D eigenvalue weighted by Crippen LogP contribution is -2.03. The fourth-order valence-corrected chi connectivity index (χ4v) is 3.31. The second kappa shape index (κ2) is 7.79. The molecule has 0 bridgehead atoms. The number of ether oxygens (including phenoxy) is 3. The zero-order chi connectivity index (χ0) is 20.4. The molecule has 0 amide bonds. The summed E-state index contributed by atoms with van der Waals surface area (Å²) in [5.74, 6) is 1.35. The third-order valence-corrected chi connectivity index (χ3v) is 4.69. The Balaban J connectivity index is 1.86. The minimum Gasteiger partial charge on any atom is -0.493 e. The first-order valence-corrected chi connectivity index (χ1v) is 9.01. The van der Waals surface area contributed by atoms with Crippen LogP contribution in [0.5, 0.6) is 17.2 Å². The molecule has 0 radical (unpaired) electrons. The van der Waals surface area contributed by atoms with Gasteiger partial charge in [-0.05, 0) is 42.0 Å². The number of hydrogen-bond acceptors (Lipinski definition) is 5. The fourth-order valence-electron chi connectivity index (χ4n) is 3.31. The van der Waals surface area contributed by atoms with E-state index in [1.807, 2.05) is 24.3 Å². The second-order valence-corrected chi connectivity index (χ2v) is 6.42. The Morgan fingerprint density at radius 2 is 1.62 bits per heavy atom. The number of methoxy groups -OCH3 is 3. The molecule has 0 aliphatic heterocycles. The Kier molecular flexibility index (Phi) is 5.03. The molecule has 0 N–H and O–H groups in total. The highest BCUT2D eigenvalue weighted by atomic mass is 19.1. The monoisotopic (exact) mass is 393 g/mol. The summed E-state index contributed by atoms with van der Waals surface area (Å²) in [5, 5.41) is 5.68. The summed E-state index contributed by atoms with van der Waals surface area (Å²) in [7, 11) is 4.72. The van der Waals surface area contributed by atoms with Gasteiger partial charge in [0.15, 0.2) is 17.1 Å². The van der Waals surface area contributed by atoms with Crippen molar-refractivity contribution in [1.82, 2.24) is 14.8 Å². The summed E-state index contributed by atoms with van der Waals surface area (Å²) in [6.07, 6.45) is 1.73. The maximum absolute atomic E-state index is 13.2. The molecule has 0 fully saturated rings. The minimum atomic E-state index is -0.268. The Morgan fingerprint density at radius 3 is 2.24 bits per heavy atom. The van der Waals surface area contributed by atoms with Gasteiger partial charge >= 0.3 is 0 Å². The number of rotatable bonds is 6. The lowest BCUT2D eigenvalue weighted by Gasteiger charge is -2.13. The van der Waals surface area contributed by atoms with Crippen molar-refractivity contribution in [3.05, 3.63) is 66.1 Å². The van der Waals surface area contributed by atoms with E-state index >= 15 is 0 Å². The first kappa shape index (κ1) is 18.7. The van der Waals surface area contributed by atoms with Crippen LogP contribution in [-0.4, -0.2) is 36.1 Å². The smallest absolute Gasteiger partial charge is 0.203 e. The van der Waals surface area contributed by atoms with Crippen LogP contribution in [0.4, 0.5) is 4.39 Å². The minimum absolute atomic E-state index is 0.268. The summed E-state index contributed by atoms with van der Waals surface area (Å²) in [6, 6.07) is 13.9. The Labute approximate surface area is 167 Å². The molecule has 4 rings (SSSR count). The van der Waals surface area contributed by atoms with Gasteiger partial charge in [0.25, 0.3) is 0 Å². The summed E-state index contributed by atoms with van der Waals surface area (Å²) in [5.41, 5.74) is 3.23. The third kappa shape index (κ3) is 3.47. The van der Waals surface area contributed by atoms with Crippen LogP contribution in [0.15, 0.2) is 54.7 Å². The molecule has 0 unspecified atom stereocenters. The Bertz CT molecular complexity index is 1130. The summed E-state index contributed by atoms with van der Waals surface area (Å²) < 4.78 is 31.4. The van der Waals surface area contributed by atoms with Crippen LogP contribution >= 0.6 is 0 Å². The molecule has 29 heavy (non-hydrogen) atoms. The van der Waals surface area contributed by atoms with Crippen molar-refractivity contribution in [2.75, 3.05) is 21.3 Å². The number of nitrogens with zero attached hydrogens (tertiary/aromatic N) is 3. The van der Waals surface area contributed by atoms with Gasteiger partial charge in [-0.2, -0.15) is 5.10 Å². The third-order valence-electron chi connectivity index (χ3n) is 4.69. The maximum atomic E-state index is 13.2. The van der Waals surface area contributed by atoms with Crippen LogP contribution in [0.2, 0.25) is 0 Å². The van der Waals surface area contributed by atoms with E-state index < -0.39 is 0 Å². The first-order valence-electron chi connectivity index (χ1n) is 9.01. The maximum Gasteiger partial charge on any atom is 0.203 e. The molecule has 4 aromatic rings. The number of halogens is 1. The average molecular weight is 393 g/mol. The van der Waals surface area contributed by atoms with E-state index in [0.29, 0.717) is 23.8 Å². The van der Waals surface area contributed by atoms with Gasteiger partial charge in [0.1, 0.15) is 11.5 Å². The van der Waals surface area contributed by atoms with E-state index in [4.69, 9.17) is 19.3 Å². The molecule has 2 aromatic heterocycles. The summed E-state index contributed by atoms with van der Waals surface area (Å²) >= 11 is 0. The van der Waals surface area contributed by atoms with E-state index in [1.165, 1.54) is 12.1 Å². The molecule has 148 valence electrons. The van der Waals surface area contributed by atoms with Gasteiger partial charge in [0.05, 0.1) is 27.9 Å². The molecule has 0 aliphatic rings. The van der Waals surface area contributed by atoms with Crippen LogP contribution in [0.1, 0.15) is 5.56 Å².